The quantitative estimate of drug-likeness (QED) is 0.601. The molecule has 88 valence electrons. The van der Waals surface area contributed by atoms with E-state index in [1.165, 1.54) is 0 Å². The van der Waals surface area contributed by atoms with Crippen molar-refractivity contribution in [2.75, 3.05) is 11.9 Å². The molecule has 0 saturated heterocycles. The Bertz CT molecular complexity index is 373. The van der Waals surface area contributed by atoms with Gasteiger partial charge in [0.2, 0.25) is 0 Å². The second kappa shape index (κ2) is 4.96. The van der Waals surface area contributed by atoms with E-state index in [0.29, 0.717) is 17.7 Å². The van der Waals surface area contributed by atoms with Gasteiger partial charge in [-0.25, -0.2) is 0 Å². The molecule has 1 aromatic rings. The van der Waals surface area contributed by atoms with Gasteiger partial charge in [-0.2, -0.15) is 0 Å². The molecule has 1 aromatic heterocycles. The first-order valence-electron chi connectivity index (χ1n) is 5.46. The monoisotopic (exact) mass is 220 g/mol. The summed E-state index contributed by atoms with van der Waals surface area (Å²) < 4.78 is 0. The maximum Gasteiger partial charge on any atom is 0.141 e. The topological polar surface area (TPSA) is 66.0 Å². The number of nitrogens with two attached hydrogens (primary N) is 1. The van der Waals surface area contributed by atoms with Gasteiger partial charge in [0, 0.05) is 25.0 Å². The average molecular weight is 220 g/mol. The first kappa shape index (κ1) is 12.5. The van der Waals surface area contributed by atoms with E-state index >= 15 is 0 Å². The lowest BCUT2D eigenvalue weighted by atomic mass is 10.0. The number of aromatic nitrogens is 1. The molecule has 0 amide bonds. The van der Waals surface area contributed by atoms with Crippen LogP contribution in [-0.2, 0) is 0 Å². The highest BCUT2D eigenvalue weighted by molar-refractivity contribution is 5.93. The van der Waals surface area contributed by atoms with Crippen LogP contribution >= 0.6 is 0 Å². The Balaban J connectivity index is 2.95. The van der Waals surface area contributed by atoms with Crippen molar-refractivity contribution < 1.29 is 0 Å². The summed E-state index contributed by atoms with van der Waals surface area (Å²) in [7, 11) is 2.05. The Hall–Kier alpha value is -1.58. The minimum atomic E-state index is 0.00690. The normalized spacial score (nSPS) is 12.6. The lowest BCUT2D eigenvalue weighted by molar-refractivity contribution is 0.505. The maximum absolute atomic E-state index is 7.36. The molecule has 1 unspecified atom stereocenters. The van der Waals surface area contributed by atoms with Gasteiger partial charge in [0.1, 0.15) is 11.5 Å². The summed E-state index contributed by atoms with van der Waals surface area (Å²) >= 11 is 0. The molecule has 1 heterocycles. The van der Waals surface area contributed by atoms with Gasteiger partial charge >= 0.3 is 0 Å². The van der Waals surface area contributed by atoms with Gasteiger partial charge in [-0.05, 0) is 25.0 Å². The zero-order valence-electron chi connectivity index (χ0n) is 10.4. The van der Waals surface area contributed by atoms with Crippen LogP contribution in [0.2, 0.25) is 0 Å². The van der Waals surface area contributed by atoms with Gasteiger partial charge in [-0.15, -0.1) is 0 Å². The van der Waals surface area contributed by atoms with Crippen molar-refractivity contribution in [3.05, 3.63) is 24.0 Å². The molecule has 0 bridgehead atoms. The van der Waals surface area contributed by atoms with E-state index in [0.717, 1.165) is 5.69 Å². The van der Waals surface area contributed by atoms with E-state index in [1.807, 2.05) is 19.2 Å². The number of rotatable bonds is 4. The molecule has 16 heavy (non-hydrogen) atoms. The first-order valence-corrected chi connectivity index (χ1v) is 5.46. The highest BCUT2D eigenvalue weighted by Gasteiger charge is 2.14. The van der Waals surface area contributed by atoms with E-state index in [9.17, 15) is 0 Å². The number of amidine groups is 1. The fourth-order valence-electron chi connectivity index (χ4n) is 1.47. The Morgan fingerprint density at radius 2 is 2.06 bits per heavy atom. The standard InChI is InChI=1S/C12H20N4/c1-8(2)9(3)16(4)10-5-6-15-11(7-10)12(13)14/h5-9H,1-4H3,(H3,13,14). The highest BCUT2D eigenvalue weighted by Crippen LogP contribution is 2.19. The smallest absolute Gasteiger partial charge is 0.141 e. The number of pyridine rings is 1. The fourth-order valence-corrected chi connectivity index (χ4v) is 1.47. The summed E-state index contributed by atoms with van der Waals surface area (Å²) in [4.78, 5) is 6.23. The summed E-state index contributed by atoms with van der Waals surface area (Å²) in [6.07, 6.45) is 1.69. The average Bonchev–Trinajstić information content (AvgIpc) is 2.27. The lowest BCUT2D eigenvalue weighted by Gasteiger charge is -2.30. The zero-order valence-corrected chi connectivity index (χ0v) is 10.4. The molecule has 0 spiro atoms. The summed E-state index contributed by atoms with van der Waals surface area (Å²) in [5.74, 6) is 0.575. The van der Waals surface area contributed by atoms with Crippen molar-refractivity contribution in [2.24, 2.45) is 11.7 Å². The van der Waals surface area contributed by atoms with Crippen molar-refractivity contribution in [1.82, 2.24) is 4.98 Å². The minimum absolute atomic E-state index is 0.00690. The van der Waals surface area contributed by atoms with Crippen LogP contribution in [0.15, 0.2) is 18.3 Å². The Kier molecular flexibility index (Phi) is 3.88. The van der Waals surface area contributed by atoms with E-state index < -0.39 is 0 Å². The molecule has 1 atom stereocenters. The van der Waals surface area contributed by atoms with E-state index in [1.54, 1.807) is 6.20 Å². The molecule has 3 N–H and O–H groups in total. The second-order valence-electron chi connectivity index (χ2n) is 4.41. The highest BCUT2D eigenvalue weighted by atomic mass is 15.1. The molecule has 0 aromatic carbocycles. The van der Waals surface area contributed by atoms with Gasteiger partial charge in [-0.1, -0.05) is 13.8 Å². The number of nitrogens with zero attached hydrogens (tertiary/aromatic N) is 2. The van der Waals surface area contributed by atoms with Crippen LogP contribution in [0, 0.1) is 11.3 Å². The first-order chi connectivity index (χ1) is 7.43. The summed E-state index contributed by atoms with van der Waals surface area (Å²) in [6.45, 7) is 6.56. The number of hydrogen-bond acceptors (Lipinski definition) is 3. The van der Waals surface area contributed by atoms with Crippen molar-refractivity contribution in [3.8, 4) is 0 Å². The third-order valence-electron chi connectivity index (χ3n) is 3.00. The van der Waals surface area contributed by atoms with Crippen LogP contribution in [0.5, 0.6) is 0 Å². The fraction of sp³-hybridized carbons (Fsp3) is 0.500. The number of anilines is 1. The third kappa shape index (κ3) is 2.72. The van der Waals surface area contributed by atoms with Crippen LogP contribution in [0.3, 0.4) is 0 Å². The summed E-state index contributed by atoms with van der Waals surface area (Å²) in [5, 5.41) is 7.36. The molecule has 4 nitrogen and oxygen atoms in total. The Morgan fingerprint density at radius 3 is 2.56 bits per heavy atom. The van der Waals surface area contributed by atoms with Gasteiger partial charge < -0.3 is 10.6 Å². The van der Waals surface area contributed by atoms with Gasteiger partial charge in [0.15, 0.2) is 0 Å². The maximum atomic E-state index is 7.36. The van der Waals surface area contributed by atoms with Crippen LogP contribution < -0.4 is 10.6 Å². The SMILES string of the molecule is CC(C)C(C)N(C)c1ccnc(C(=N)N)c1. The van der Waals surface area contributed by atoms with Crippen LogP contribution in [0.1, 0.15) is 26.5 Å². The van der Waals surface area contributed by atoms with Crippen LogP contribution in [0.25, 0.3) is 0 Å². The molecule has 4 heteroatoms. The summed E-state index contributed by atoms with van der Waals surface area (Å²) in [5.41, 5.74) is 6.99. The van der Waals surface area contributed by atoms with Crippen molar-refractivity contribution in [1.29, 1.82) is 5.41 Å². The van der Waals surface area contributed by atoms with E-state index in [4.69, 9.17) is 11.1 Å². The van der Waals surface area contributed by atoms with Crippen molar-refractivity contribution in [3.63, 3.8) is 0 Å². The zero-order chi connectivity index (χ0) is 12.3. The molecule has 0 fully saturated rings. The molecule has 1 rings (SSSR count). The summed E-state index contributed by atoms with van der Waals surface area (Å²) in [6, 6.07) is 4.22. The molecular formula is C12H20N4. The Labute approximate surface area is 97.0 Å². The predicted octanol–water partition coefficient (Wildman–Crippen LogP) is 1.85. The molecule has 0 saturated carbocycles. The predicted molar refractivity (Wildman–Crippen MR) is 68.0 cm³/mol. The van der Waals surface area contributed by atoms with Gasteiger partial charge in [-0.3, -0.25) is 10.4 Å². The second-order valence-corrected chi connectivity index (χ2v) is 4.41. The van der Waals surface area contributed by atoms with Gasteiger partial charge in [0.05, 0.1) is 0 Å². The van der Waals surface area contributed by atoms with Crippen molar-refractivity contribution in [2.45, 2.75) is 26.8 Å². The minimum Gasteiger partial charge on any atom is -0.382 e. The van der Waals surface area contributed by atoms with Crippen molar-refractivity contribution >= 4 is 11.5 Å². The molecule has 0 aliphatic carbocycles. The Morgan fingerprint density at radius 1 is 1.44 bits per heavy atom. The molecule has 0 radical (unpaired) electrons. The third-order valence-corrected chi connectivity index (χ3v) is 3.00. The van der Waals surface area contributed by atoms with Crippen LogP contribution in [0.4, 0.5) is 5.69 Å². The lowest BCUT2D eigenvalue weighted by Crippen LogP contribution is -2.33. The largest absolute Gasteiger partial charge is 0.382 e. The van der Waals surface area contributed by atoms with Gasteiger partial charge in [0.25, 0.3) is 0 Å². The number of nitrogen functional groups attached to an aromatic ring is 1. The molecule has 0 aliphatic heterocycles. The number of nitrogens with one attached hydrogen (secondary N) is 1. The van der Waals surface area contributed by atoms with E-state index in [-0.39, 0.29) is 5.84 Å². The molecular weight excluding hydrogens is 200 g/mol. The van der Waals surface area contributed by atoms with E-state index in [2.05, 4.69) is 30.7 Å². The number of hydrogen-bond donors (Lipinski definition) is 2. The molecule has 0 aliphatic rings. The van der Waals surface area contributed by atoms with Crippen LogP contribution in [-0.4, -0.2) is 23.9 Å².